The van der Waals surface area contributed by atoms with Gasteiger partial charge in [-0.2, -0.15) is 13.2 Å². The highest BCUT2D eigenvalue weighted by molar-refractivity contribution is 7.14. The zero-order chi connectivity index (χ0) is 22.0. The zero-order valence-corrected chi connectivity index (χ0v) is 17.5. The molecule has 2 aromatic carbocycles. The Morgan fingerprint density at radius 3 is 2.39 bits per heavy atom. The second-order valence-corrected chi connectivity index (χ2v) is 8.30. The van der Waals surface area contributed by atoms with Crippen molar-refractivity contribution in [1.82, 2.24) is 15.1 Å². The van der Waals surface area contributed by atoms with Crippen molar-refractivity contribution in [3.63, 3.8) is 0 Å². The van der Waals surface area contributed by atoms with E-state index in [1.54, 1.807) is 12.0 Å². The summed E-state index contributed by atoms with van der Waals surface area (Å²) in [4.78, 5) is 14.4. The molecule has 0 unspecified atom stereocenters. The number of amides is 1. The number of rotatable bonds is 4. The van der Waals surface area contributed by atoms with Gasteiger partial charge < -0.3 is 9.64 Å². The van der Waals surface area contributed by atoms with Crippen LogP contribution in [0, 0.1) is 0 Å². The molecule has 1 aliphatic rings. The number of hydrogen-bond acceptors (Lipinski definition) is 5. The number of aromatic nitrogens is 2. The second kappa shape index (κ2) is 8.66. The number of carbonyl (C=O) groups is 1. The Morgan fingerprint density at radius 2 is 1.74 bits per heavy atom. The van der Waals surface area contributed by atoms with Crippen molar-refractivity contribution in [2.45, 2.75) is 24.9 Å². The van der Waals surface area contributed by atoms with Crippen molar-refractivity contribution in [3.8, 4) is 16.3 Å². The summed E-state index contributed by atoms with van der Waals surface area (Å²) in [5, 5.41) is 10.4. The molecule has 0 atom stereocenters. The molecule has 0 N–H and O–H groups in total. The van der Waals surface area contributed by atoms with Crippen LogP contribution in [-0.2, 0) is 6.18 Å². The van der Waals surface area contributed by atoms with Crippen LogP contribution < -0.4 is 4.74 Å². The van der Waals surface area contributed by atoms with Gasteiger partial charge in [-0.05, 0) is 49.2 Å². The normalized spacial score (nSPS) is 15.2. The van der Waals surface area contributed by atoms with Gasteiger partial charge in [-0.25, -0.2) is 0 Å². The molecule has 1 aromatic heterocycles. The third-order valence-electron chi connectivity index (χ3n) is 5.37. The Balaban J connectivity index is 1.40. The van der Waals surface area contributed by atoms with Crippen LogP contribution in [0.2, 0.25) is 0 Å². The summed E-state index contributed by atoms with van der Waals surface area (Å²) in [6.07, 6.45) is -2.95. The van der Waals surface area contributed by atoms with E-state index in [0.717, 1.165) is 46.3 Å². The van der Waals surface area contributed by atoms with Gasteiger partial charge in [-0.15, -0.1) is 10.2 Å². The van der Waals surface area contributed by atoms with Crippen LogP contribution in [0.5, 0.6) is 5.75 Å². The van der Waals surface area contributed by atoms with E-state index < -0.39 is 11.7 Å². The van der Waals surface area contributed by atoms with Crippen LogP contribution in [0.3, 0.4) is 0 Å². The maximum absolute atomic E-state index is 12.7. The Bertz CT molecular complexity index is 1060. The van der Waals surface area contributed by atoms with E-state index in [4.69, 9.17) is 4.74 Å². The van der Waals surface area contributed by atoms with E-state index in [0.29, 0.717) is 13.1 Å². The molecule has 5 nitrogen and oxygen atoms in total. The molecule has 1 fully saturated rings. The lowest BCUT2D eigenvalue weighted by atomic mass is 9.97. The maximum Gasteiger partial charge on any atom is 0.416 e. The number of alkyl halides is 3. The van der Waals surface area contributed by atoms with Crippen molar-refractivity contribution < 1.29 is 22.7 Å². The summed E-state index contributed by atoms with van der Waals surface area (Å²) in [5.41, 5.74) is 0.398. The van der Waals surface area contributed by atoms with Crippen LogP contribution in [0.4, 0.5) is 13.2 Å². The van der Waals surface area contributed by atoms with E-state index in [1.165, 1.54) is 23.5 Å². The van der Waals surface area contributed by atoms with Gasteiger partial charge in [0.2, 0.25) is 0 Å². The largest absolute Gasteiger partial charge is 0.496 e. The lowest BCUT2D eigenvalue weighted by Gasteiger charge is -2.31. The molecule has 9 heteroatoms. The molecule has 0 radical (unpaired) electrons. The third-order valence-corrected chi connectivity index (χ3v) is 6.49. The Labute approximate surface area is 181 Å². The molecule has 4 rings (SSSR count). The highest BCUT2D eigenvalue weighted by Gasteiger charge is 2.31. The summed E-state index contributed by atoms with van der Waals surface area (Å²) in [6, 6.07) is 12.0. The summed E-state index contributed by atoms with van der Waals surface area (Å²) < 4.78 is 43.6. The number of halogens is 3. The highest BCUT2D eigenvalue weighted by atomic mass is 32.1. The van der Waals surface area contributed by atoms with Crippen molar-refractivity contribution in [2.24, 2.45) is 0 Å². The molecule has 1 aliphatic heterocycles. The van der Waals surface area contributed by atoms with E-state index in [-0.39, 0.29) is 17.4 Å². The monoisotopic (exact) mass is 447 g/mol. The lowest BCUT2D eigenvalue weighted by molar-refractivity contribution is -0.137. The van der Waals surface area contributed by atoms with Crippen LogP contribution in [0.25, 0.3) is 10.6 Å². The first-order chi connectivity index (χ1) is 14.9. The topological polar surface area (TPSA) is 55.3 Å². The first-order valence-corrected chi connectivity index (χ1v) is 10.6. The summed E-state index contributed by atoms with van der Waals surface area (Å²) in [7, 11) is 1.62. The van der Waals surface area contributed by atoms with Gasteiger partial charge in [-0.3, -0.25) is 4.79 Å². The molecule has 2 heterocycles. The smallest absolute Gasteiger partial charge is 0.416 e. The van der Waals surface area contributed by atoms with Crippen molar-refractivity contribution in [2.75, 3.05) is 20.2 Å². The molecule has 0 aliphatic carbocycles. The summed E-state index contributed by atoms with van der Waals surface area (Å²) >= 11 is 1.52. The number of hydrogen-bond donors (Lipinski definition) is 0. The van der Waals surface area contributed by atoms with Gasteiger partial charge >= 0.3 is 6.18 Å². The molecule has 162 valence electrons. The van der Waals surface area contributed by atoms with E-state index in [1.807, 2.05) is 24.3 Å². The maximum atomic E-state index is 12.7. The van der Waals surface area contributed by atoms with Crippen molar-refractivity contribution in [3.05, 3.63) is 64.7 Å². The minimum absolute atomic E-state index is 0.192. The molecule has 1 saturated heterocycles. The highest BCUT2D eigenvalue weighted by Crippen LogP contribution is 2.37. The molecule has 0 spiro atoms. The van der Waals surface area contributed by atoms with Crippen LogP contribution in [0.1, 0.15) is 39.7 Å². The Hall–Kier alpha value is -2.94. The summed E-state index contributed by atoms with van der Waals surface area (Å²) in [6.45, 7) is 1.04. The van der Waals surface area contributed by atoms with E-state index in [2.05, 4.69) is 10.2 Å². The summed E-state index contributed by atoms with van der Waals surface area (Å²) in [5.74, 6) is 0.680. The van der Waals surface area contributed by atoms with Gasteiger partial charge in [0.25, 0.3) is 5.91 Å². The van der Waals surface area contributed by atoms with Crippen molar-refractivity contribution in [1.29, 1.82) is 0 Å². The molecule has 3 aromatic rings. The van der Waals surface area contributed by atoms with Gasteiger partial charge in [0.1, 0.15) is 10.8 Å². The van der Waals surface area contributed by atoms with Crippen molar-refractivity contribution >= 4 is 17.2 Å². The molecule has 31 heavy (non-hydrogen) atoms. The number of methoxy groups -OCH3 is 1. The van der Waals surface area contributed by atoms with E-state index in [9.17, 15) is 18.0 Å². The van der Waals surface area contributed by atoms with Gasteiger partial charge in [-0.1, -0.05) is 23.5 Å². The lowest BCUT2D eigenvalue weighted by Crippen LogP contribution is -2.37. The second-order valence-electron chi connectivity index (χ2n) is 7.29. The number of likely N-dealkylation sites (tertiary alicyclic amines) is 1. The number of benzene rings is 2. The molecule has 1 amide bonds. The molecular formula is C22H20F3N3O2S. The number of piperidine rings is 1. The molecular weight excluding hydrogens is 427 g/mol. The first-order valence-electron chi connectivity index (χ1n) is 9.80. The standard InChI is InChI=1S/C22H20F3N3O2S/c1-30-18-5-3-2-4-17(18)20-27-26-19(31-20)14-10-12-28(13-11-14)21(29)15-6-8-16(9-7-15)22(23,24)25/h2-9,14H,10-13H2,1H3. The average molecular weight is 447 g/mol. The minimum Gasteiger partial charge on any atom is -0.496 e. The number of carbonyl (C=O) groups excluding carboxylic acids is 1. The van der Waals surface area contributed by atoms with Gasteiger partial charge in [0.15, 0.2) is 5.01 Å². The van der Waals surface area contributed by atoms with Crippen LogP contribution in [-0.4, -0.2) is 41.2 Å². The van der Waals surface area contributed by atoms with Crippen LogP contribution >= 0.6 is 11.3 Å². The quantitative estimate of drug-likeness (QED) is 0.548. The zero-order valence-electron chi connectivity index (χ0n) is 16.7. The fourth-order valence-corrected chi connectivity index (χ4v) is 4.69. The number of ether oxygens (including phenoxy) is 1. The average Bonchev–Trinajstić information content (AvgIpc) is 3.28. The first kappa shape index (κ1) is 21.3. The fraction of sp³-hybridized carbons (Fsp3) is 0.318. The Kier molecular flexibility index (Phi) is 5.95. The van der Waals surface area contributed by atoms with Gasteiger partial charge in [0.05, 0.1) is 18.2 Å². The SMILES string of the molecule is COc1ccccc1-c1nnc(C2CCN(C(=O)c3ccc(C(F)(F)F)cc3)CC2)s1. The molecule has 0 bridgehead atoms. The van der Waals surface area contributed by atoms with Crippen LogP contribution in [0.15, 0.2) is 48.5 Å². The fourth-order valence-electron chi connectivity index (χ4n) is 3.64. The number of para-hydroxylation sites is 1. The number of nitrogens with zero attached hydrogens (tertiary/aromatic N) is 3. The third kappa shape index (κ3) is 4.56. The van der Waals surface area contributed by atoms with E-state index >= 15 is 0 Å². The molecule has 0 saturated carbocycles. The Morgan fingerprint density at radius 1 is 1.06 bits per heavy atom. The van der Waals surface area contributed by atoms with Gasteiger partial charge in [0, 0.05) is 24.6 Å². The predicted octanol–water partition coefficient (Wildman–Crippen LogP) is 5.25. The predicted molar refractivity (Wildman–Crippen MR) is 111 cm³/mol. The minimum atomic E-state index is -4.41.